The van der Waals surface area contributed by atoms with Crippen LogP contribution in [0.5, 0.6) is 0 Å². The van der Waals surface area contributed by atoms with Gasteiger partial charge in [0.15, 0.2) is 0 Å². The van der Waals surface area contributed by atoms with Gasteiger partial charge < -0.3 is 13.9 Å². The van der Waals surface area contributed by atoms with E-state index in [9.17, 15) is 14.4 Å². The number of esters is 2. The van der Waals surface area contributed by atoms with Crippen LogP contribution < -0.4 is 0 Å². The number of carbonyl (C=O) groups excluding carboxylic acids is 3. The fraction of sp³-hybridized carbons (Fsp3) is 0.818. The summed E-state index contributed by atoms with van der Waals surface area (Å²) in [4.78, 5) is 38.0. The zero-order valence-electron chi connectivity index (χ0n) is 20.0. The van der Waals surface area contributed by atoms with Gasteiger partial charge in [-0.3, -0.25) is 14.4 Å². The lowest BCUT2D eigenvalue weighted by Crippen LogP contribution is -2.44. The third-order valence-electron chi connectivity index (χ3n) is 4.54. The molecule has 0 saturated carbocycles. The molecule has 0 rings (SSSR count). The molecule has 0 aromatic heterocycles. The predicted octanol–water partition coefficient (Wildman–Crippen LogP) is 4.75. The molecule has 6 nitrogen and oxygen atoms in total. The first kappa shape index (κ1) is 29.0. The molecule has 8 heteroatoms. The van der Waals surface area contributed by atoms with E-state index >= 15 is 0 Å². The summed E-state index contributed by atoms with van der Waals surface area (Å²) in [5, 5.41) is 0. The highest BCUT2D eigenvalue weighted by Crippen LogP contribution is 2.41. The lowest BCUT2D eigenvalue weighted by molar-refractivity contribution is -0.159. The Bertz CT molecular complexity index is 572. The topological polar surface area (TPSA) is 78.9 Å². The van der Waals surface area contributed by atoms with Gasteiger partial charge in [0.2, 0.25) is 8.32 Å². The lowest BCUT2D eigenvalue weighted by Gasteiger charge is -2.37. The number of hydrogen-bond donors (Lipinski definition) is 0. The summed E-state index contributed by atoms with van der Waals surface area (Å²) >= 11 is 1.58. The van der Waals surface area contributed by atoms with E-state index < -0.39 is 37.0 Å². The van der Waals surface area contributed by atoms with Crippen LogP contribution in [0, 0.1) is 23.7 Å². The van der Waals surface area contributed by atoms with Crippen LogP contribution in [0.4, 0.5) is 0 Å². The van der Waals surface area contributed by atoms with Crippen LogP contribution in [0.25, 0.3) is 0 Å². The van der Waals surface area contributed by atoms with Gasteiger partial charge in [0.25, 0.3) is 5.97 Å². The van der Waals surface area contributed by atoms with Crippen molar-refractivity contribution in [3.05, 3.63) is 6.92 Å². The van der Waals surface area contributed by atoms with E-state index in [0.717, 1.165) is 12.8 Å². The summed E-state index contributed by atoms with van der Waals surface area (Å²) in [6, 6.07) is 0. The van der Waals surface area contributed by atoms with Crippen molar-refractivity contribution in [2.45, 2.75) is 73.0 Å². The maximum Gasteiger partial charge on any atom is 0.312 e. The van der Waals surface area contributed by atoms with E-state index in [1.54, 1.807) is 32.5 Å². The minimum absolute atomic E-state index is 0.0106. The molecule has 2 radical (unpaired) electrons. The Morgan fingerprint density at radius 1 is 1.07 bits per heavy atom. The van der Waals surface area contributed by atoms with Gasteiger partial charge in [0.05, 0.1) is 23.4 Å². The summed E-state index contributed by atoms with van der Waals surface area (Å²) in [5.74, 6) is -1.21. The van der Waals surface area contributed by atoms with Crippen molar-refractivity contribution in [1.82, 2.24) is 0 Å². The van der Waals surface area contributed by atoms with Crippen molar-refractivity contribution in [1.29, 1.82) is 0 Å². The molecule has 0 saturated heterocycles. The zero-order valence-corrected chi connectivity index (χ0v) is 21.8. The van der Waals surface area contributed by atoms with Gasteiger partial charge in [-0.1, -0.05) is 20.3 Å². The number of thioether (sulfide) groups is 1. The first-order valence-corrected chi connectivity index (χ1v) is 15.3. The predicted molar refractivity (Wildman–Crippen MR) is 124 cm³/mol. The van der Waals surface area contributed by atoms with Gasteiger partial charge in [-0.15, -0.1) is 0 Å². The maximum atomic E-state index is 13.1. The molecule has 174 valence electrons. The highest BCUT2D eigenvalue weighted by Gasteiger charge is 2.46. The van der Waals surface area contributed by atoms with Crippen molar-refractivity contribution in [3.63, 3.8) is 0 Å². The molecule has 3 atom stereocenters. The quantitative estimate of drug-likeness (QED) is 0.210. The van der Waals surface area contributed by atoms with E-state index in [-0.39, 0.29) is 25.4 Å². The summed E-state index contributed by atoms with van der Waals surface area (Å²) in [7, 11) is -2.19. The Balaban J connectivity index is 5.50. The van der Waals surface area contributed by atoms with Crippen LogP contribution in [0.15, 0.2) is 0 Å². The Morgan fingerprint density at radius 2 is 1.67 bits per heavy atom. The van der Waals surface area contributed by atoms with Crippen molar-refractivity contribution in [2.24, 2.45) is 16.7 Å². The van der Waals surface area contributed by atoms with E-state index in [0.29, 0.717) is 12.4 Å². The third-order valence-corrected chi connectivity index (χ3v) is 5.91. The largest absolute Gasteiger partial charge is 0.519 e. The molecule has 0 aliphatic rings. The lowest BCUT2D eigenvalue weighted by atomic mass is 9.70. The molecule has 3 unspecified atom stereocenters. The summed E-state index contributed by atoms with van der Waals surface area (Å²) in [6.45, 7) is 19.6. The van der Waals surface area contributed by atoms with Gasteiger partial charge in [0, 0.05) is 5.75 Å². The number of unbranched alkanes of at least 4 members (excludes halogenated alkanes) is 1. The zero-order chi connectivity index (χ0) is 23.6. The monoisotopic (exact) mass is 460 g/mol. The summed E-state index contributed by atoms with van der Waals surface area (Å²) in [5.41, 5.74) is -2.52. The molecule has 0 aromatic carbocycles. The number of carbonyl (C=O) groups is 3. The number of hydrogen-bond acceptors (Lipinski definition) is 7. The first-order chi connectivity index (χ1) is 13.7. The average Bonchev–Trinajstić information content (AvgIpc) is 2.59. The van der Waals surface area contributed by atoms with Crippen molar-refractivity contribution >= 4 is 38.0 Å². The Labute approximate surface area is 188 Å². The molecular formula is C22H40O6SSi. The molecule has 0 aliphatic heterocycles. The molecule has 0 fully saturated rings. The van der Waals surface area contributed by atoms with Crippen LogP contribution >= 0.6 is 11.8 Å². The third kappa shape index (κ3) is 10.8. The molecule has 0 bridgehead atoms. The Kier molecular flexibility index (Phi) is 12.3. The van der Waals surface area contributed by atoms with Gasteiger partial charge in [-0.2, -0.15) is 11.8 Å². The van der Waals surface area contributed by atoms with Crippen molar-refractivity contribution < 1.29 is 28.3 Å². The van der Waals surface area contributed by atoms with E-state index in [1.165, 1.54) is 0 Å². The molecule has 0 aliphatic carbocycles. The highest BCUT2D eigenvalue weighted by molar-refractivity contribution is 7.98. The van der Waals surface area contributed by atoms with Crippen LogP contribution in [-0.2, 0) is 28.3 Å². The normalized spacial score (nSPS) is 15.1. The summed E-state index contributed by atoms with van der Waals surface area (Å²) in [6.07, 6.45) is 3.75. The molecular weight excluding hydrogens is 420 g/mol. The van der Waals surface area contributed by atoms with Crippen molar-refractivity contribution in [3.8, 4) is 0 Å². The number of ether oxygens (including phenoxy) is 2. The Hall–Kier alpha value is -1.02. The smallest absolute Gasteiger partial charge is 0.312 e. The van der Waals surface area contributed by atoms with Crippen LogP contribution in [0.3, 0.4) is 0 Å². The van der Waals surface area contributed by atoms with E-state index in [4.69, 9.17) is 20.8 Å². The molecule has 30 heavy (non-hydrogen) atoms. The minimum atomic E-state index is -2.19. The van der Waals surface area contributed by atoms with E-state index in [1.807, 2.05) is 32.8 Å². The highest BCUT2D eigenvalue weighted by atomic mass is 32.2. The first-order valence-electron chi connectivity index (χ1n) is 10.5. The molecule has 0 spiro atoms. The van der Waals surface area contributed by atoms with Crippen LogP contribution in [-0.4, -0.2) is 51.4 Å². The fourth-order valence-corrected chi connectivity index (χ4v) is 4.17. The molecule has 0 amide bonds. The fourth-order valence-electron chi connectivity index (χ4n) is 3.11. The van der Waals surface area contributed by atoms with Gasteiger partial charge in [0.1, 0.15) is 6.61 Å². The van der Waals surface area contributed by atoms with Crippen molar-refractivity contribution in [2.75, 3.05) is 25.2 Å². The van der Waals surface area contributed by atoms with E-state index in [2.05, 4.69) is 0 Å². The molecule has 0 N–H and O–H groups in total. The second-order valence-corrected chi connectivity index (χ2v) is 14.8. The second-order valence-electron chi connectivity index (χ2n) is 9.41. The Morgan fingerprint density at radius 3 is 2.17 bits per heavy atom. The minimum Gasteiger partial charge on any atom is -0.519 e. The number of rotatable bonds is 14. The van der Waals surface area contributed by atoms with Crippen LogP contribution in [0.2, 0.25) is 19.6 Å². The summed E-state index contributed by atoms with van der Waals surface area (Å²) < 4.78 is 16.3. The van der Waals surface area contributed by atoms with Crippen LogP contribution in [0.1, 0.15) is 53.4 Å². The average molecular weight is 461 g/mol. The van der Waals surface area contributed by atoms with Gasteiger partial charge in [-0.05, 0) is 65.9 Å². The maximum absolute atomic E-state index is 13.1. The SMILES string of the molecule is [CH]C(C)(CC(C)(CC(C)C(=O)OCCSC)C(=O)O[Si](C)(C)C)C(=O)OCCCC. The standard InChI is InChI=1S/C22H40O6SSi/c1-10-11-12-27-19(24)21(3,4)16-22(5,20(25)28-30(7,8)9)15-17(2)18(23)26-13-14-29-6/h3,17H,10-16H2,1-2,4-9H3. The molecule has 0 heterocycles. The van der Waals surface area contributed by atoms with Gasteiger partial charge >= 0.3 is 11.9 Å². The van der Waals surface area contributed by atoms with Gasteiger partial charge in [-0.25, -0.2) is 0 Å². The molecule has 0 aromatic rings. The second kappa shape index (κ2) is 12.7.